The van der Waals surface area contributed by atoms with Gasteiger partial charge < -0.3 is 10.4 Å². The van der Waals surface area contributed by atoms with Gasteiger partial charge in [0.1, 0.15) is 5.75 Å². The number of benzene rings is 1. The van der Waals surface area contributed by atoms with E-state index in [2.05, 4.69) is 19.2 Å². The van der Waals surface area contributed by atoms with Gasteiger partial charge in [-0.05, 0) is 12.0 Å². The van der Waals surface area contributed by atoms with Crippen LogP contribution in [0.3, 0.4) is 0 Å². The highest BCUT2D eigenvalue weighted by Gasteiger charge is 2.09. The van der Waals surface area contributed by atoms with Crippen LogP contribution in [0.4, 0.5) is 0 Å². The second kappa shape index (κ2) is 6.94. The highest BCUT2D eigenvalue weighted by atomic mass is 16.3. The van der Waals surface area contributed by atoms with Crippen molar-refractivity contribution in [2.24, 2.45) is 5.92 Å². The Morgan fingerprint density at radius 3 is 2.53 bits per heavy atom. The fourth-order valence-corrected chi connectivity index (χ4v) is 1.73. The van der Waals surface area contributed by atoms with Gasteiger partial charge in [-0.25, -0.2) is 0 Å². The van der Waals surface area contributed by atoms with Gasteiger partial charge >= 0.3 is 0 Å². The number of aromatic hydroxyl groups is 1. The van der Waals surface area contributed by atoms with Crippen molar-refractivity contribution in [1.82, 2.24) is 5.32 Å². The standard InChI is InChI=1S/C14H21NO2/c1-3-11(4-2)10-15-14(17)9-12-7-5-6-8-13(12)16/h5-8,11,16H,3-4,9-10H2,1-2H3,(H,15,17). The third-order valence-electron chi connectivity index (χ3n) is 3.09. The summed E-state index contributed by atoms with van der Waals surface area (Å²) in [5, 5.41) is 12.5. The van der Waals surface area contributed by atoms with E-state index in [1.165, 1.54) is 0 Å². The molecule has 1 amide bonds. The van der Waals surface area contributed by atoms with E-state index in [-0.39, 0.29) is 18.1 Å². The normalized spacial score (nSPS) is 10.5. The number of phenols is 1. The number of para-hydroxylation sites is 1. The summed E-state index contributed by atoms with van der Waals surface area (Å²) in [5.74, 6) is 0.701. The Morgan fingerprint density at radius 2 is 1.94 bits per heavy atom. The summed E-state index contributed by atoms with van der Waals surface area (Å²) in [6.45, 7) is 4.98. The van der Waals surface area contributed by atoms with Crippen molar-refractivity contribution < 1.29 is 9.90 Å². The second-order valence-electron chi connectivity index (χ2n) is 4.29. The molecular formula is C14H21NO2. The quantitative estimate of drug-likeness (QED) is 0.796. The maximum absolute atomic E-state index is 11.7. The van der Waals surface area contributed by atoms with Crippen molar-refractivity contribution in [3.63, 3.8) is 0 Å². The topological polar surface area (TPSA) is 49.3 Å². The fourth-order valence-electron chi connectivity index (χ4n) is 1.73. The van der Waals surface area contributed by atoms with Crippen molar-refractivity contribution in [2.45, 2.75) is 33.1 Å². The third-order valence-corrected chi connectivity index (χ3v) is 3.09. The molecule has 1 aromatic rings. The number of phenolic OH excluding ortho intramolecular Hbond substituents is 1. The van der Waals surface area contributed by atoms with Gasteiger partial charge in [-0.15, -0.1) is 0 Å². The Balaban J connectivity index is 2.42. The van der Waals surface area contributed by atoms with Gasteiger partial charge in [0.2, 0.25) is 5.91 Å². The first-order valence-electron chi connectivity index (χ1n) is 6.20. The average Bonchev–Trinajstić information content (AvgIpc) is 2.33. The van der Waals surface area contributed by atoms with Crippen LogP contribution in [0.5, 0.6) is 5.75 Å². The van der Waals surface area contributed by atoms with Crippen LogP contribution in [0, 0.1) is 5.92 Å². The summed E-state index contributed by atoms with van der Waals surface area (Å²) >= 11 is 0. The zero-order chi connectivity index (χ0) is 12.7. The summed E-state index contributed by atoms with van der Waals surface area (Å²) < 4.78 is 0. The van der Waals surface area contributed by atoms with Gasteiger partial charge in [-0.3, -0.25) is 4.79 Å². The molecule has 0 spiro atoms. The lowest BCUT2D eigenvalue weighted by Crippen LogP contribution is -2.30. The first kappa shape index (κ1) is 13.6. The zero-order valence-corrected chi connectivity index (χ0v) is 10.6. The van der Waals surface area contributed by atoms with Crippen molar-refractivity contribution >= 4 is 5.91 Å². The molecule has 0 atom stereocenters. The van der Waals surface area contributed by atoms with Gasteiger partial charge in [-0.2, -0.15) is 0 Å². The van der Waals surface area contributed by atoms with Crippen molar-refractivity contribution in [2.75, 3.05) is 6.54 Å². The predicted molar refractivity (Wildman–Crippen MR) is 68.9 cm³/mol. The lowest BCUT2D eigenvalue weighted by atomic mass is 10.0. The van der Waals surface area contributed by atoms with Crippen LogP contribution in [-0.2, 0) is 11.2 Å². The largest absolute Gasteiger partial charge is 0.508 e. The van der Waals surface area contributed by atoms with E-state index in [0.29, 0.717) is 11.5 Å². The number of carbonyl (C=O) groups is 1. The van der Waals surface area contributed by atoms with Gasteiger partial charge in [0.05, 0.1) is 6.42 Å². The maximum atomic E-state index is 11.7. The minimum atomic E-state index is -0.0293. The Bertz CT molecular complexity index is 359. The molecule has 1 rings (SSSR count). The molecule has 0 fully saturated rings. The summed E-state index contributed by atoms with van der Waals surface area (Å²) in [5.41, 5.74) is 0.676. The Kier molecular flexibility index (Phi) is 5.53. The molecule has 1 aromatic carbocycles. The molecule has 0 saturated heterocycles. The smallest absolute Gasteiger partial charge is 0.224 e. The first-order valence-corrected chi connectivity index (χ1v) is 6.20. The van der Waals surface area contributed by atoms with Crippen LogP contribution in [0.25, 0.3) is 0 Å². The Hall–Kier alpha value is -1.51. The molecule has 0 aliphatic carbocycles. The SMILES string of the molecule is CCC(CC)CNC(=O)Cc1ccccc1O. The van der Waals surface area contributed by atoms with Gasteiger partial charge in [0.15, 0.2) is 0 Å². The van der Waals surface area contributed by atoms with Crippen LogP contribution in [0.2, 0.25) is 0 Å². The van der Waals surface area contributed by atoms with Gasteiger partial charge in [0, 0.05) is 12.1 Å². The Labute approximate surface area is 103 Å². The lowest BCUT2D eigenvalue weighted by Gasteiger charge is -2.13. The van der Waals surface area contributed by atoms with Crippen molar-refractivity contribution in [1.29, 1.82) is 0 Å². The molecule has 3 nitrogen and oxygen atoms in total. The van der Waals surface area contributed by atoms with E-state index in [1.54, 1.807) is 18.2 Å². The number of hydrogen-bond donors (Lipinski definition) is 2. The molecule has 0 heterocycles. The fraction of sp³-hybridized carbons (Fsp3) is 0.500. The number of rotatable bonds is 6. The lowest BCUT2D eigenvalue weighted by molar-refractivity contribution is -0.120. The molecule has 0 aliphatic heterocycles. The van der Waals surface area contributed by atoms with E-state index in [9.17, 15) is 9.90 Å². The molecule has 3 heteroatoms. The second-order valence-corrected chi connectivity index (χ2v) is 4.29. The molecule has 0 bridgehead atoms. The zero-order valence-electron chi connectivity index (χ0n) is 10.6. The van der Waals surface area contributed by atoms with Crippen LogP contribution >= 0.6 is 0 Å². The summed E-state index contributed by atoms with van der Waals surface area (Å²) in [6.07, 6.45) is 2.40. The highest BCUT2D eigenvalue weighted by Crippen LogP contribution is 2.15. The highest BCUT2D eigenvalue weighted by molar-refractivity contribution is 5.79. The van der Waals surface area contributed by atoms with E-state index in [1.807, 2.05) is 6.07 Å². The van der Waals surface area contributed by atoms with Gasteiger partial charge in [-0.1, -0.05) is 44.9 Å². The molecule has 2 N–H and O–H groups in total. The minimum absolute atomic E-state index is 0.0293. The van der Waals surface area contributed by atoms with Gasteiger partial charge in [0.25, 0.3) is 0 Å². The number of amides is 1. The molecule has 94 valence electrons. The number of nitrogens with one attached hydrogen (secondary N) is 1. The van der Waals surface area contributed by atoms with Crippen molar-refractivity contribution in [3.05, 3.63) is 29.8 Å². The Morgan fingerprint density at radius 1 is 1.29 bits per heavy atom. The summed E-state index contributed by atoms with van der Waals surface area (Å²) in [4.78, 5) is 11.7. The molecule has 17 heavy (non-hydrogen) atoms. The van der Waals surface area contributed by atoms with Crippen LogP contribution in [0.1, 0.15) is 32.3 Å². The summed E-state index contributed by atoms with van der Waals surface area (Å²) in [7, 11) is 0. The first-order chi connectivity index (χ1) is 8.17. The van der Waals surface area contributed by atoms with Crippen LogP contribution in [-0.4, -0.2) is 17.6 Å². The summed E-state index contributed by atoms with van der Waals surface area (Å²) in [6, 6.07) is 6.94. The number of hydrogen-bond acceptors (Lipinski definition) is 2. The molecule has 0 aromatic heterocycles. The molecule has 0 saturated carbocycles. The number of carbonyl (C=O) groups excluding carboxylic acids is 1. The monoisotopic (exact) mass is 235 g/mol. The van der Waals surface area contributed by atoms with Crippen LogP contribution < -0.4 is 5.32 Å². The molecule has 0 unspecified atom stereocenters. The van der Waals surface area contributed by atoms with E-state index in [4.69, 9.17) is 0 Å². The predicted octanol–water partition coefficient (Wildman–Crippen LogP) is 2.49. The molecule has 0 radical (unpaired) electrons. The average molecular weight is 235 g/mol. The van der Waals surface area contributed by atoms with Crippen molar-refractivity contribution in [3.8, 4) is 5.75 Å². The molecular weight excluding hydrogens is 214 g/mol. The molecule has 0 aliphatic rings. The third kappa shape index (κ3) is 4.47. The minimum Gasteiger partial charge on any atom is -0.508 e. The maximum Gasteiger partial charge on any atom is 0.224 e. The van der Waals surface area contributed by atoms with E-state index in [0.717, 1.165) is 19.4 Å². The van der Waals surface area contributed by atoms with E-state index < -0.39 is 0 Å². The van der Waals surface area contributed by atoms with E-state index >= 15 is 0 Å². The van der Waals surface area contributed by atoms with Crippen LogP contribution in [0.15, 0.2) is 24.3 Å².